The number of fused-ring (bicyclic) bond motifs is 1. The molecule has 1 heterocycles. The first kappa shape index (κ1) is 18.4. The number of nitrogens with one attached hydrogen (secondary N) is 1. The third-order valence-corrected chi connectivity index (χ3v) is 4.74. The van der Waals surface area contributed by atoms with Crippen LogP contribution in [0.3, 0.4) is 0 Å². The Labute approximate surface area is 152 Å². The standard InChI is InChI=1S/C17H14ClF3N2O3/c1-23(15(25)26)13-14(24)22-12-5-4-10(18)8-11(12)16(13,17(19,20)21)7-6-9-2-3-9/h4-5,8-9,13H,2-3H2,1H3,(H,22,24)(H,25,26)/t13-,16-/m0/s1. The van der Waals surface area contributed by atoms with E-state index >= 15 is 0 Å². The Bertz CT molecular complexity index is 842. The van der Waals surface area contributed by atoms with Gasteiger partial charge in [-0.3, -0.25) is 9.69 Å². The van der Waals surface area contributed by atoms with Crippen LogP contribution in [0, 0.1) is 17.8 Å². The fourth-order valence-electron chi connectivity index (χ4n) is 3.03. The molecule has 1 aromatic rings. The molecular weight excluding hydrogens is 373 g/mol. The van der Waals surface area contributed by atoms with E-state index in [9.17, 15) is 27.9 Å². The second-order valence-corrected chi connectivity index (χ2v) is 6.76. The molecule has 1 aliphatic heterocycles. The smallest absolute Gasteiger partial charge is 0.411 e. The third kappa shape index (κ3) is 2.86. The van der Waals surface area contributed by atoms with E-state index in [-0.39, 0.29) is 22.2 Å². The van der Waals surface area contributed by atoms with E-state index in [1.807, 2.05) is 0 Å². The van der Waals surface area contributed by atoms with Gasteiger partial charge in [-0.25, -0.2) is 4.79 Å². The van der Waals surface area contributed by atoms with Crippen LogP contribution in [-0.2, 0) is 10.2 Å². The lowest BCUT2D eigenvalue weighted by molar-refractivity contribution is -0.190. The average Bonchev–Trinajstić information content (AvgIpc) is 3.35. The molecule has 2 amide bonds. The summed E-state index contributed by atoms with van der Waals surface area (Å²) in [4.78, 5) is 24.2. The summed E-state index contributed by atoms with van der Waals surface area (Å²) >= 11 is 5.90. The molecule has 1 fully saturated rings. The number of carboxylic acid groups (broad SMARTS) is 1. The van der Waals surface area contributed by atoms with E-state index in [1.54, 1.807) is 0 Å². The largest absolute Gasteiger partial charge is 0.465 e. The first-order valence-electron chi connectivity index (χ1n) is 7.74. The van der Waals surface area contributed by atoms with Gasteiger partial charge in [0, 0.05) is 29.2 Å². The molecule has 1 aliphatic carbocycles. The molecule has 1 saturated carbocycles. The lowest BCUT2D eigenvalue weighted by Crippen LogP contribution is -2.65. The maximum absolute atomic E-state index is 14.4. The first-order chi connectivity index (χ1) is 12.1. The second-order valence-electron chi connectivity index (χ2n) is 6.32. The molecule has 0 spiro atoms. The van der Waals surface area contributed by atoms with Gasteiger partial charge in [-0.15, -0.1) is 0 Å². The third-order valence-electron chi connectivity index (χ3n) is 4.51. The molecule has 1 aromatic carbocycles. The normalized spacial score (nSPS) is 24.8. The minimum atomic E-state index is -5.01. The van der Waals surface area contributed by atoms with E-state index in [0.29, 0.717) is 17.7 Å². The molecular formula is C17H14ClF3N2O3. The number of nitrogens with zero attached hydrogens (tertiary/aromatic N) is 1. The van der Waals surface area contributed by atoms with Gasteiger partial charge in [0.25, 0.3) is 0 Å². The van der Waals surface area contributed by atoms with Crippen molar-refractivity contribution in [1.29, 1.82) is 0 Å². The number of rotatable bonds is 1. The monoisotopic (exact) mass is 386 g/mol. The van der Waals surface area contributed by atoms with Crippen molar-refractivity contribution in [3.63, 3.8) is 0 Å². The van der Waals surface area contributed by atoms with Gasteiger partial charge >= 0.3 is 12.3 Å². The molecule has 0 bridgehead atoms. The van der Waals surface area contributed by atoms with Gasteiger partial charge < -0.3 is 10.4 Å². The summed E-state index contributed by atoms with van der Waals surface area (Å²) in [6.45, 7) is 0. The van der Waals surface area contributed by atoms with Crippen LogP contribution in [0.5, 0.6) is 0 Å². The molecule has 0 unspecified atom stereocenters. The molecule has 2 atom stereocenters. The highest BCUT2D eigenvalue weighted by Crippen LogP contribution is 2.51. The summed E-state index contributed by atoms with van der Waals surface area (Å²) in [5, 5.41) is 11.6. The predicted octanol–water partition coefficient (Wildman–Crippen LogP) is 3.48. The Hall–Kier alpha value is -2.40. The Morgan fingerprint density at radius 3 is 2.62 bits per heavy atom. The van der Waals surface area contributed by atoms with Gasteiger partial charge in [-0.1, -0.05) is 23.4 Å². The number of amides is 2. The minimum Gasteiger partial charge on any atom is -0.465 e. The van der Waals surface area contributed by atoms with E-state index in [1.165, 1.54) is 12.1 Å². The SMILES string of the molecule is CN(C(=O)O)[C@H]1C(=O)Nc2ccc(Cl)cc2[C@]1(C#CC1CC1)C(F)(F)F. The maximum atomic E-state index is 14.4. The van der Waals surface area contributed by atoms with Crippen LogP contribution in [0.4, 0.5) is 23.7 Å². The van der Waals surface area contributed by atoms with E-state index in [4.69, 9.17) is 11.6 Å². The van der Waals surface area contributed by atoms with E-state index < -0.39 is 29.6 Å². The van der Waals surface area contributed by atoms with Crippen molar-refractivity contribution >= 4 is 29.3 Å². The number of carbonyl (C=O) groups excluding carboxylic acids is 1. The summed E-state index contributed by atoms with van der Waals surface area (Å²) in [6, 6.07) is 1.58. The second kappa shape index (κ2) is 6.09. The fourth-order valence-corrected chi connectivity index (χ4v) is 3.20. The van der Waals surface area contributed by atoms with Crippen molar-refractivity contribution in [3.8, 4) is 11.8 Å². The molecule has 0 aromatic heterocycles. The number of likely N-dealkylation sites (N-methyl/N-ethyl adjacent to an activating group) is 1. The molecule has 5 nitrogen and oxygen atoms in total. The summed E-state index contributed by atoms with van der Waals surface area (Å²) in [7, 11) is 0.918. The van der Waals surface area contributed by atoms with Gasteiger partial charge in [0.1, 0.15) is 6.04 Å². The highest BCUT2D eigenvalue weighted by atomic mass is 35.5. The molecule has 2 N–H and O–H groups in total. The zero-order valence-corrected chi connectivity index (χ0v) is 14.3. The summed E-state index contributed by atoms with van der Waals surface area (Å²) < 4.78 is 43.1. The zero-order chi connectivity index (χ0) is 19.3. The summed E-state index contributed by atoms with van der Waals surface area (Å²) in [6.07, 6.45) is -5.33. The Kier molecular flexibility index (Phi) is 4.31. The molecule has 26 heavy (non-hydrogen) atoms. The van der Waals surface area contributed by atoms with Gasteiger partial charge in [-0.2, -0.15) is 13.2 Å². The zero-order valence-electron chi connectivity index (χ0n) is 13.5. The van der Waals surface area contributed by atoms with Crippen LogP contribution in [0.2, 0.25) is 5.02 Å². The Morgan fingerprint density at radius 1 is 1.42 bits per heavy atom. The van der Waals surface area contributed by atoms with Crippen LogP contribution in [0.15, 0.2) is 18.2 Å². The topological polar surface area (TPSA) is 69.6 Å². The van der Waals surface area contributed by atoms with Gasteiger partial charge in [0.15, 0.2) is 5.41 Å². The number of carbonyl (C=O) groups is 2. The van der Waals surface area contributed by atoms with Crippen molar-refractivity contribution in [3.05, 3.63) is 28.8 Å². The molecule has 0 saturated heterocycles. The number of hydrogen-bond donors (Lipinski definition) is 2. The van der Waals surface area contributed by atoms with Crippen LogP contribution in [0.1, 0.15) is 18.4 Å². The van der Waals surface area contributed by atoms with Gasteiger partial charge in [0.2, 0.25) is 5.91 Å². The number of hydrogen-bond acceptors (Lipinski definition) is 2. The fraction of sp³-hybridized carbons (Fsp3) is 0.412. The van der Waals surface area contributed by atoms with Crippen molar-refractivity contribution in [2.24, 2.45) is 5.92 Å². The van der Waals surface area contributed by atoms with Crippen molar-refractivity contribution in [2.75, 3.05) is 12.4 Å². The number of anilines is 1. The average molecular weight is 387 g/mol. The van der Waals surface area contributed by atoms with Crippen LogP contribution < -0.4 is 5.32 Å². The summed E-state index contributed by atoms with van der Waals surface area (Å²) in [5.41, 5.74) is -3.45. The lowest BCUT2D eigenvalue weighted by atomic mass is 9.70. The predicted molar refractivity (Wildman–Crippen MR) is 87.9 cm³/mol. The molecule has 9 heteroatoms. The Balaban J connectivity index is 2.35. The highest BCUT2D eigenvalue weighted by Gasteiger charge is 2.66. The number of benzene rings is 1. The summed E-state index contributed by atoms with van der Waals surface area (Å²) in [5.74, 6) is 3.53. The van der Waals surface area contributed by atoms with Crippen LogP contribution in [-0.4, -0.2) is 41.3 Å². The van der Waals surface area contributed by atoms with E-state index in [2.05, 4.69) is 17.2 Å². The quantitative estimate of drug-likeness (QED) is 0.726. The molecule has 3 rings (SSSR count). The Morgan fingerprint density at radius 2 is 2.08 bits per heavy atom. The number of halogens is 4. The van der Waals surface area contributed by atoms with Gasteiger partial charge in [-0.05, 0) is 31.0 Å². The van der Waals surface area contributed by atoms with E-state index in [0.717, 1.165) is 13.1 Å². The minimum absolute atomic E-state index is 0.0264. The van der Waals surface area contributed by atoms with Crippen LogP contribution in [0.25, 0.3) is 0 Å². The van der Waals surface area contributed by atoms with Gasteiger partial charge in [0.05, 0.1) is 0 Å². The maximum Gasteiger partial charge on any atom is 0.411 e. The number of alkyl halides is 3. The van der Waals surface area contributed by atoms with Crippen molar-refractivity contribution in [2.45, 2.75) is 30.5 Å². The van der Waals surface area contributed by atoms with Crippen LogP contribution >= 0.6 is 11.6 Å². The molecule has 0 radical (unpaired) electrons. The lowest BCUT2D eigenvalue weighted by Gasteiger charge is -2.44. The van der Waals surface area contributed by atoms with Crippen molar-refractivity contribution in [1.82, 2.24) is 4.90 Å². The highest BCUT2D eigenvalue weighted by molar-refractivity contribution is 6.30. The molecule has 2 aliphatic rings. The van der Waals surface area contributed by atoms with Crippen molar-refractivity contribution < 1.29 is 27.9 Å². The first-order valence-corrected chi connectivity index (χ1v) is 8.12. The molecule has 138 valence electrons.